The van der Waals surface area contributed by atoms with Gasteiger partial charge in [0.15, 0.2) is 0 Å². The smallest absolute Gasteiger partial charge is 0.341 e. The van der Waals surface area contributed by atoms with E-state index in [0.29, 0.717) is 17.9 Å². The molecule has 6 nitrogen and oxygen atoms in total. The molecule has 0 aliphatic rings. The molecule has 3 aromatic rings. The average molecular weight is 270 g/mol. The number of H-pyrrole nitrogens is 1. The molecule has 0 saturated carbocycles. The van der Waals surface area contributed by atoms with E-state index in [2.05, 4.69) is 15.1 Å². The first kappa shape index (κ1) is 12.4. The summed E-state index contributed by atoms with van der Waals surface area (Å²) in [7, 11) is 1.36. The van der Waals surface area contributed by atoms with Crippen LogP contribution < -0.4 is 0 Å². The van der Waals surface area contributed by atoms with Gasteiger partial charge in [-0.25, -0.2) is 14.5 Å². The van der Waals surface area contributed by atoms with Crippen LogP contribution in [0.15, 0.2) is 30.5 Å². The van der Waals surface area contributed by atoms with Crippen LogP contribution in [0.4, 0.5) is 0 Å². The number of aromatic amines is 1. The monoisotopic (exact) mass is 270 g/mol. The second-order valence-electron chi connectivity index (χ2n) is 4.34. The molecule has 0 aliphatic carbocycles. The van der Waals surface area contributed by atoms with Gasteiger partial charge in [0, 0.05) is 0 Å². The maximum atomic E-state index is 11.7. The molecule has 2 aromatic heterocycles. The van der Waals surface area contributed by atoms with Crippen LogP contribution in [0.2, 0.25) is 0 Å². The number of carbonyl (C=O) groups is 1. The Hall–Kier alpha value is -2.63. The highest BCUT2D eigenvalue weighted by Crippen LogP contribution is 2.17. The van der Waals surface area contributed by atoms with Gasteiger partial charge < -0.3 is 9.72 Å². The van der Waals surface area contributed by atoms with Crippen molar-refractivity contribution in [2.24, 2.45) is 0 Å². The Morgan fingerprint density at radius 1 is 1.40 bits per heavy atom. The summed E-state index contributed by atoms with van der Waals surface area (Å²) >= 11 is 0. The number of hydrogen-bond acceptors (Lipinski definition) is 4. The van der Waals surface area contributed by atoms with Gasteiger partial charge in [0.25, 0.3) is 0 Å². The Labute approximate surface area is 115 Å². The highest BCUT2D eigenvalue weighted by atomic mass is 16.5. The summed E-state index contributed by atoms with van der Waals surface area (Å²) in [4.78, 5) is 19.4. The van der Waals surface area contributed by atoms with Gasteiger partial charge in [0.2, 0.25) is 5.95 Å². The van der Waals surface area contributed by atoms with Crippen LogP contribution in [0.3, 0.4) is 0 Å². The SMILES string of the molecule is CCc1c(C(=O)OC)cnn1-c1nc2ccccc2[nH]1. The Bertz CT molecular complexity index is 739. The van der Waals surface area contributed by atoms with E-state index < -0.39 is 0 Å². The Morgan fingerprint density at radius 3 is 2.90 bits per heavy atom. The van der Waals surface area contributed by atoms with E-state index in [1.807, 2.05) is 31.2 Å². The van der Waals surface area contributed by atoms with Crippen LogP contribution >= 0.6 is 0 Å². The Balaban J connectivity index is 2.14. The number of ether oxygens (including phenoxy) is 1. The van der Waals surface area contributed by atoms with E-state index in [0.717, 1.165) is 16.7 Å². The lowest BCUT2D eigenvalue weighted by molar-refractivity contribution is 0.0599. The third-order valence-corrected chi connectivity index (χ3v) is 3.19. The number of rotatable bonds is 3. The van der Waals surface area contributed by atoms with Gasteiger partial charge in [-0.15, -0.1) is 0 Å². The number of nitrogens with zero attached hydrogens (tertiary/aromatic N) is 3. The molecule has 1 N–H and O–H groups in total. The molecule has 0 atom stereocenters. The first-order chi connectivity index (χ1) is 9.74. The Morgan fingerprint density at radius 2 is 2.20 bits per heavy atom. The summed E-state index contributed by atoms with van der Waals surface area (Å²) < 4.78 is 6.41. The fourth-order valence-electron chi connectivity index (χ4n) is 2.22. The third-order valence-electron chi connectivity index (χ3n) is 3.19. The highest BCUT2D eigenvalue weighted by Gasteiger charge is 2.19. The molecule has 0 bridgehead atoms. The fraction of sp³-hybridized carbons (Fsp3) is 0.214. The molecule has 0 aliphatic heterocycles. The molecule has 0 amide bonds. The number of fused-ring (bicyclic) bond motifs is 1. The molecular formula is C14H14N4O2. The van der Waals surface area contributed by atoms with Gasteiger partial charge in [-0.2, -0.15) is 5.10 Å². The van der Waals surface area contributed by atoms with Gasteiger partial charge in [0.05, 0.1) is 30.0 Å². The van der Waals surface area contributed by atoms with Crippen LogP contribution in [0.1, 0.15) is 23.0 Å². The van der Waals surface area contributed by atoms with Gasteiger partial charge in [0.1, 0.15) is 5.56 Å². The van der Waals surface area contributed by atoms with Crippen LogP contribution in [-0.4, -0.2) is 32.8 Å². The summed E-state index contributed by atoms with van der Waals surface area (Å²) in [6.07, 6.45) is 2.17. The maximum absolute atomic E-state index is 11.7. The lowest BCUT2D eigenvalue weighted by Gasteiger charge is -2.03. The predicted molar refractivity (Wildman–Crippen MR) is 73.9 cm³/mol. The second kappa shape index (κ2) is 4.80. The minimum Gasteiger partial charge on any atom is -0.465 e. The van der Waals surface area contributed by atoms with Crippen molar-refractivity contribution in [2.75, 3.05) is 7.11 Å². The van der Waals surface area contributed by atoms with Crippen molar-refractivity contribution in [3.05, 3.63) is 41.7 Å². The quantitative estimate of drug-likeness (QED) is 0.740. The molecule has 102 valence electrons. The van der Waals surface area contributed by atoms with Crippen molar-refractivity contribution in [1.29, 1.82) is 0 Å². The molecule has 0 saturated heterocycles. The molecule has 20 heavy (non-hydrogen) atoms. The first-order valence-electron chi connectivity index (χ1n) is 6.35. The second-order valence-corrected chi connectivity index (χ2v) is 4.34. The number of nitrogens with one attached hydrogen (secondary N) is 1. The number of methoxy groups -OCH3 is 1. The molecule has 1 aromatic carbocycles. The fourth-order valence-corrected chi connectivity index (χ4v) is 2.22. The third kappa shape index (κ3) is 1.85. The van der Waals surface area contributed by atoms with Gasteiger partial charge in [-0.3, -0.25) is 0 Å². The predicted octanol–water partition coefficient (Wildman–Crippen LogP) is 2.10. The molecule has 0 fully saturated rings. The van der Waals surface area contributed by atoms with Gasteiger partial charge >= 0.3 is 5.97 Å². The van der Waals surface area contributed by atoms with Crippen LogP contribution in [-0.2, 0) is 11.2 Å². The number of hydrogen-bond donors (Lipinski definition) is 1. The van der Waals surface area contributed by atoms with Crippen LogP contribution in [0.25, 0.3) is 17.0 Å². The maximum Gasteiger partial charge on any atom is 0.341 e. The van der Waals surface area contributed by atoms with E-state index in [1.54, 1.807) is 4.68 Å². The molecule has 3 rings (SSSR count). The Kier molecular flexibility index (Phi) is 2.98. The average Bonchev–Trinajstić information content (AvgIpc) is 3.09. The highest BCUT2D eigenvalue weighted by molar-refractivity contribution is 5.90. The summed E-state index contributed by atoms with van der Waals surface area (Å²) in [5.74, 6) is 0.211. The molecular weight excluding hydrogens is 256 g/mol. The van der Waals surface area contributed by atoms with Crippen molar-refractivity contribution in [2.45, 2.75) is 13.3 Å². The summed E-state index contributed by atoms with van der Waals surface area (Å²) in [5, 5.41) is 4.24. The zero-order valence-electron chi connectivity index (χ0n) is 11.3. The number of esters is 1. The van der Waals surface area contributed by atoms with E-state index >= 15 is 0 Å². The first-order valence-corrected chi connectivity index (χ1v) is 6.35. The summed E-state index contributed by atoms with van der Waals surface area (Å²) in [6.45, 7) is 1.96. The van der Waals surface area contributed by atoms with Crippen LogP contribution in [0, 0.1) is 0 Å². The van der Waals surface area contributed by atoms with E-state index in [9.17, 15) is 4.79 Å². The molecule has 2 heterocycles. The number of benzene rings is 1. The lowest BCUT2D eigenvalue weighted by Crippen LogP contribution is -2.08. The van der Waals surface area contributed by atoms with Gasteiger partial charge in [-0.05, 0) is 18.6 Å². The number of imidazole rings is 1. The summed E-state index contributed by atoms with van der Waals surface area (Å²) in [6, 6.07) is 7.73. The molecule has 0 spiro atoms. The topological polar surface area (TPSA) is 72.8 Å². The minimum absolute atomic E-state index is 0.385. The normalized spacial score (nSPS) is 10.9. The summed E-state index contributed by atoms with van der Waals surface area (Å²) in [5.41, 5.74) is 3.03. The lowest BCUT2D eigenvalue weighted by atomic mass is 10.2. The largest absolute Gasteiger partial charge is 0.465 e. The van der Waals surface area contributed by atoms with Crippen molar-refractivity contribution in [3.8, 4) is 5.95 Å². The number of aromatic nitrogens is 4. The number of carbonyl (C=O) groups excluding carboxylic acids is 1. The van der Waals surface area contributed by atoms with E-state index in [-0.39, 0.29) is 5.97 Å². The molecule has 6 heteroatoms. The van der Waals surface area contributed by atoms with Crippen LogP contribution in [0.5, 0.6) is 0 Å². The number of para-hydroxylation sites is 2. The van der Waals surface area contributed by atoms with Crippen molar-refractivity contribution < 1.29 is 9.53 Å². The van der Waals surface area contributed by atoms with Crippen molar-refractivity contribution in [3.63, 3.8) is 0 Å². The van der Waals surface area contributed by atoms with Crippen molar-refractivity contribution >= 4 is 17.0 Å². The molecule has 0 radical (unpaired) electrons. The van der Waals surface area contributed by atoms with Crippen molar-refractivity contribution in [1.82, 2.24) is 19.7 Å². The van der Waals surface area contributed by atoms with E-state index in [1.165, 1.54) is 13.3 Å². The standard InChI is InChI=1S/C14H14N4O2/c1-3-12-9(13(19)20-2)8-15-18(12)14-16-10-6-4-5-7-11(10)17-14/h4-8H,3H2,1-2H3,(H,16,17). The zero-order chi connectivity index (χ0) is 14.1. The van der Waals surface area contributed by atoms with Gasteiger partial charge in [-0.1, -0.05) is 19.1 Å². The molecule has 0 unspecified atom stereocenters. The minimum atomic E-state index is -0.385. The van der Waals surface area contributed by atoms with E-state index in [4.69, 9.17) is 4.74 Å². The zero-order valence-corrected chi connectivity index (χ0v) is 11.3.